The second-order valence-electron chi connectivity index (χ2n) is 9.59. The summed E-state index contributed by atoms with van der Waals surface area (Å²) in [6, 6.07) is 13.1. The Morgan fingerprint density at radius 1 is 1.00 bits per heavy atom. The number of ether oxygens (including phenoxy) is 1. The fourth-order valence-electron chi connectivity index (χ4n) is 4.71. The number of halogens is 2. The number of amides is 4. The van der Waals surface area contributed by atoms with Crippen molar-refractivity contribution in [2.45, 2.75) is 6.92 Å². The number of carbonyl (C=O) groups is 3. The van der Waals surface area contributed by atoms with E-state index in [1.807, 2.05) is 0 Å². The van der Waals surface area contributed by atoms with Gasteiger partial charge in [0.1, 0.15) is 17.3 Å². The average Bonchev–Trinajstić information content (AvgIpc) is 3.49. The molecule has 1 unspecified atom stereocenters. The van der Waals surface area contributed by atoms with Gasteiger partial charge in [0.25, 0.3) is 0 Å². The van der Waals surface area contributed by atoms with Crippen LogP contribution in [0.1, 0.15) is 6.92 Å². The van der Waals surface area contributed by atoms with E-state index in [2.05, 4.69) is 20.4 Å². The van der Waals surface area contributed by atoms with Crippen molar-refractivity contribution in [1.29, 1.82) is 0 Å². The molecule has 1 atom stereocenters. The molecule has 0 radical (unpaired) electrons. The van der Waals surface area contributed by atoms with Crippen LogP contribution in [0.3, 0.4) is 0 Å². The Hall–Kier alpha value is -5.72. The van der Waals surface area contributed by atoms with Crippen LogP contribution in [-0.4, -0.2) is 55.4 Å². The molecule has 1 saturated heterocycles. The highest BCUT2D eigenvalue weighted by Gasteiger charge is 2.43. The Kier molecular flexibility index (Phi) is 7.20. The van der Waals surface area contributed by atoms with Gasteiger partial charge in [-0.1, -0.05) is 0 Å². The van der Waals surface area contributed by atoms with Gasteiger partial charge in [0.2, 0.25) is 11.8 Å². The minimum atomic E-state index is -1.28. The van der Waals surface area contributed by atoms with Crippen LogP contribution in [0.5, 0.6) is 11.5 Å². The summed E-state index contributed by atoms with van der Waals surface area (Å²) in [6.07, 6.45) is 6.50. The number of anilines is 2. The zero-order valence-electron chi connectivity index (χ0n) is 22.6. The quantitative estimate of drug-likeness (QED) is 0.270. The highest BCUT2D eigenvalue weighted by Crippen LogP contribution is 2.33. The van der Waals surface area contributed by atoms with E-state index in [0.29, 0.717) is 22.7 Å². The number of fused-ring (bicyclic) bond motifs is 1. The molecule has 3 aromatic heterocycles. The largest absolute Gasteiger partial charge is 0.452 e. The Morgan fingerprint density at radius 3 is 2.49 bits per heavy atom. The van der Waals surface area contributed by atoms with Crippen LogP contribution in [0.25, 0.3) is 16.9 Å². The van der Waals surface area contributed by atoms with Gasteiger partial charge in [-0.05, 0) is 61.5 Å². The fourth-order valence-corrected chi connectivity index (χ4v) is 4.71. The first-order chi connectivity index (χ1) is 20.8. The van der Waals surface area contributed by atoms with E-state index in [0.717, 1.165) is 23.1 Å². The summed E-state index contributed by atoms with van der Waals surface area (Å²) >= 11 is 0. The minimum Gasteiger partial charge on any atom is -0.452 e. The molecular formula is C30H23F2N7O4. The Labute approximate surface area is 243 Å². The van der Waals surface area contributed by atoms with Crippen molar-refractivity contribution < 1.29 is 27.9 Å². The fraction of sp³-hybridized carbons (Fsp3) is 0.133. The van der Waals surface area contributed by atoms with Crippen LogP contribution in [0.15, 0.2) is 85.5 Å². The van der Waals surface area contributed by atoms with E-state index in [-0.39, 0.29) is 30.2 Å². The Balaban J connectivity index is 1.22. The number of imide groups is 1. The maximum Gasteiger partial charge on any atom is 0.331 e. The second-order valence-corrected chi connectivity index (χ2v) is 9.59. The van der Waals surface area contributed by atoms with Crippen molar-refractivity contribution in [3.05, 3.63) is 97.1 Å². The zero-order chi connectivity index (χ0) is 30.1. The Bertz CT molecular complexity index is 1850. The second kappa shape index (κ2) is 11.3. The number of rotatable bonds is 7. The summed E-state index contributed by atoms with van der Waals surface area (Å²) in [5, 5.41) is 6.80. The lowest BCUT2D eigenvalue weighted by Crippen LogP contribution is -2.59. The number of urea groups is 1. The van der Waals surface area contributed by atoms with E-state index in [9.17, 15) is 18.8 Å². The third-order valence-corrected chi connectivity index (χ3v) is 6.88. The Morgan fingerprint density at radius 2 is 1.77 bits per heavy atom. The number of aromatic nitrogens is 4. The SMILES string of the molecule is CCN1CC(C(=O)Nc2ccc(Oc3cc(-c4ncccn4)cn4nccc34)c(F)c2)C(=O)N(c2ccc(F)cc2)C1=O. The molecule has 5 aromatic rings. The molecule has 4 heterocycles. The van der Waals surface area contributed by atoms with Gasteiger partial charge in [0.05, 0.1) is 11.9 Å². The molecule has 1 N–H and O–H groups in total. The maximum absolute atomic E-state index is 15.3. The normalized spacial score (nSPS) is 15.2. The van der Waals surface area contributed by atoms with Crippen molar-refractivity contribution in [1.82, 2.24) is 24.5 Å². The topological polar surface area (TPSA) is 122 Å². The molecule has 216 valence electrons. The van der Waals surface area contributed by atoms with E-state index in [1.165, 1.54) is 29.2 Å². The first-order valence-electron chi connectivity index (χ1n) is 13.2. The van der Waals surface area contributed by atoms with E-state index in [4.69, 9.17) is 4.74 Å². The summed E-state index contributed by atoms with van der Waals surface area (Å²) < 4.78 is 36.2. The van der Waals surface area contributed by atoms with Crippen molar-refractivity contribution in [2.24, 2.45) is 5.92 Å². The highest BCUT2D eigenvalue weighted by molar-refractivity contribution is 6.23. The molecule has 0 aliphatic carbocycles. The molecule has 11 nitrogen and oxygen atoms in total. The van der Waals surface area contributed by atoms with Crippen LogP contribution in [-0.2, 0) is 9.59 Å². The highest BCUT2D eigenvalue weighted by atomic mass is 19.1. The van der Waals surface area contributed by atoms with Crippen LogP contribution < -0.4 is 15.0 Å². The number of nitrogens with one attached hydrogen (secondary N) is 1. The number of benzene rings is 2. The van der Waals surface area contributed by atoms with Gasteiger partial charge >= 0.3 is 6.03 Å². The summed E-state index contributed by atoms with van der Waals surface area (Å²) in [4.78, 5) is 50.1. The molecule has 2 aromatic carbocycles. The van der Waals surface area contributed by atoms with Crippen LogP contribution in [0.4, 0.5) is 25.0 Å². The van der Waals surface area contributed by atoms with Crippen LogP contribution >= 0.6 is 0 Å². The maximum atomic E-state index is 15.3. The van der Waals surface area contributed by atoms with E-state index in [1.54, 1.807) is 54.4 Å². The van der Waals surface area contributed by atoms with Gasteiger partial charge in [-0.2, -0.15) is 5.10 Å². The third kappa shape index (κ3) is 5.35. The van der Waals surface area contributed by atoms with Crippen molar-refractivity contribution in [3.63, 3.8) is 0 Å². The number of pyridine rings is 1. The lowest BCUT2D eigenvalue weighted by atomic mass is 10.0. The summed E-state index contributed by atoms with van der Waals surface area (Å²) in [6.45, 7) is 1.78. The molecule has 0 bridgehead atoms. The number of nitrogens with zero attached hydrogens (tertiary/aromatic N) is 6. The third-order valence-electron chi connectivity index (χ3n) is 6.88. The molecule has 0 saturated carbocycles. The summed E-state index contributed by atoms with van der Waals surface area (Å²) in [5.41, 5.74) is 1.39. The van der Waals surface area contributed by atoms with Crippen LogP contribution in [0.2, 0.25) is 0 Å². The van der Waals surface area contributed by atoms with Gasteiger partial charge in [0, 0.05) is 49.0 Å². The average molecular weight is 584 g/mol. The van der Waals surface area contributed by atoms with Crippen molar-refractivity contribution in [2.75, 3.05) is 23.3 Å². The van der Waals surface area contributed by atoms with Gasteiger partial charge in [-0.15, -0.1) is 0 Å². The monoisotopic (exact) mass is 583 g/mol. The summed E-state index contributed by atoms with van der Waals surface area (Å²) in [7, 11) is 0. The first kappa shape index (κ1) is 27.4. The predicted molar refractivity (Wildman–Crippen MR) is 151 cm³/mol. The molecule has 13 heteroatoms. The lowest BCUT2D eigenvalue weighted by molar-refractivity contribution is -0.132. The van der Waals surface area contributed by atoms with Crippen molar-refractivity contribution >= 4 is 34.7 Å². The first-order valence-corrected chi connectivity index (χ1v) is 13.2. The standard InChI is InChI=1S/C30H23F2N7O4/c1-2-37-17-22(29(41)39(30(37)42)21-7-4-19(31)5-8-21)28(40)36-20-6-9-25(23(32)15-20)43-26-14-18(27-33-11-3-12-34-27)16-38-24(26)10-13-35-38/h3-16,22H,2,17H2,1H3,(H,36,40). The van der Waals surface area contributed by atoms with Crippen LogP contribution in [0, 0.1) is 17.6 Å². The van der Waals surface area contributed by atoms with E-state index < -0.39 is 35.4 Å². The lowest BCUT2D eigenvalue weighted by Gasteiger charge is -2.37. The smallest absolute Gasteiger partial charge is 0.331 e. The molecule has 0 spiro atoms. The van der Waals surface area contributed by atoms with Gasteiger partial charge in [-0.25, -0.2) is 33.0 Å². The number of carbonyl (C=O) groups excluding carboxylic acids is 3. The molecule has 1 fully saturated rings. The molecule has 43 heavy (non-hydrogen) atoms. The number of hydrogen-bond acceptors (Lipinski definition) is 7. The predicted octanol–water partition coefficient (Wildman–Crippen LogP) is 4.91. The van der Waals surface area contributed by atoms with Gasteiger partial charge < -0.3 is 15.0 Å². The molecular weight excluding hydrogens is 560 g/mol. The molecule has 1 aliphatic rings. The van der Waals surface area contributed by atoms with Gasteiger partial charge in [0.15, 0.2) is 23.1 Å². The van der Waals surface area contributed by atoms with Gasteiger partial charge in [-0.3, -0.25) is 9.59 Å². The van der Waals surface area contributed by atoms with E-state index >= 15 is 4.39 Å². The number of hydrogen-bond donors (Lipinski definition) is 1. The van der Waals surface area contributed by atoms with Crippen molar-refractivity contribution in [3.8, 4) is 22.9 Å². The molecule has 4 amide bonds. The minimum absolute atomic E-state index is 0.0804. The summed E-state index contributed by atoms with van der Waals surface area (Å²) in [5.74, 6) is -3.47. The molecule has 6 rings (SSSR count). The zero-order valence-corrected chi connectivity index (χ0v) is 22.6. The molecule has 1 aliphatic heterocycles.